The van der Waals surface area contributed by atoms with Crippen molar-refractivity contribution < 1.29 is 17.9 Å². The summed E-state index contributed by atoms with van der Waals surface area (Å²) < 4.78 is 47.7. The second-order valence-electron chi connectivity index (χ2n) is 8.06. The Bertz CT molecular complexity index is 1300. The molecule has 1 aliphatic rings. The molecule has 5 rings (SSSR count). The van der Waals surface area contributed by atoms with Crippen molar-refractivity contribution in [3.8, 4) is 11.5 Å². The Balaban J connectivity index is 1.66. The maximum Gasteiger partial charge on any atom is 0.159 e. The van der Waals surface area contributed by atoms with Gasteiger partial charge in [0.15, 0.2) is 23.1 Å². The molecule has 0 unspecified atom stereocenters. The quantitative estimate of drug-likeness (QED) is 0.301. The van der Waals surface area contributed by atoms with Crippen LogP contribution in [0.4, 0.5) is 24.5 Å². The van der Waals surface area contributed by atoms with Crippen molar-refractivity contribution in [2.24, 2.45) is 0 Å². The molecule has 1 aliphatic heterocycles. The van der Waals surface area contributed by atoms with E-state index in [1.54, 1.807) is 12.1 Å². The summed E-state index contributed by atoms with van der Waals surface area (Å²) in [5.41, 5.74) is 1.65. The minimum Gasteiger partial charge on any atom is -0.453 e. The molecule has 0 spiro atoms. The molecule has 5 heteroatoms. The Hall–Kier alpha value is -3.21. The van der Waals surface area contributed by atoms with Crippen LogP contribution in [0, 0.1) is 17.5 Å². The molecule has 1 heterocycles. The topological polar surface area (TPSA) is 12.5 Å². The molecule has 0 aliphatic carbocycles. The monoisotopic (exact) mass is 421 g/mol. The average molecular weight is 421 g/mol. The van der Waals surface area contributed by atoms with Crippen molar-refractivity contribution in [1.29, 1.82) is 0 Å². The fraction of sp³-hybridized carbons (Fsp3) is 0.231. The van der Waals surface area contributed by atoms with Gasteiger partial charge in [0.05, 0.1) is 11.4 Å². The van der Waals surface area contributed by atoms with Crippen molar-refractivity contribution in [3.63, 3.8) is 0 Å². The Labute approximate surface area is 178 Å². The number of nitrogens with zero attached hydrogens (tertiary/aromatic N) is 1. The lowest BCUT2D eigenvalue weighted by atomic mass is 10.0. The van der Waals surface area contributed by atoms with Crippen LogP contribution in [0.3, 0.4) is 0 Å². The Kier molecular flexibility index (Phi) is 4.97. The first-order valence-electron chi connectivity index (χ1n) is 10.6. The van der Waals surface area contributed by atoms with Crippen LogP contribution in [-0.4, -0.2) is 6.54 Å². The van der Waals surface area contributed by atoms with Crippen molar-refractivity contribution in [2.45, 2.75) is 32.6 Å². The summed E-state index contributed by atoms with van der Waals surface area (Å²) in [6.07, 6.45) is 4.35. The molecule has 0 bridgehead atoms. The summed E-state index contributed by atoms with van der Waals surface area (Å²) in [7, 11) is 0. The Morgan fingerprint density at radius 1 is 0.677 bits per heavy atom. The summed E-state index contributed by atoms with van der Waals surface area (Å²) in [5, 5.41) is 2.85. The second-order valence-corrected chi connectivity index (χ2v) is 8.06. The molecule has 2 nitrogen and oxygen atoms in total. The molecule has 0 amide bonds. The van der Waals surface area contributed by atoms with Gasteiger partial charge in [-0.15, -0.1) is 0 Å². The molecule has 0 radical (unpaired) electrons. The van der Waals surface area contributed by atoms with Crippen LogP contribution in [0.5, 0.6) is 11.5 Å². The van der Waals surface area contributed by atoms with E-state index < -0.39 is 11.6 Å². The predicted molar refractivity (Wildman–Crippen MR) is 119 cm³/mol. The largest absolute Gasteiger partial charge is 0.453 e. The standard InChI is InChI=1S/C26H22F3NO/c1-2-3-4-5-8-30-23-12-17-9-20(27)7-6-16(17)14-25(23)31-26-15-19-11-22(29)21(28)10-18(19)13-24(26)30/h6-7,9-15H,2-5,8H2,1H3. The fourth-order valence-electron chi connectivity index (χ4n) is 4.27. The number of halogens is 3. The van der Waals surface area contributed by atoms with E-state index in [0.29, 0.717) is 22.3 Å². The van der Waals surface area contributed by atoms with Crippen molar-refractivity contribution >= 4 is 32.9 Å². The van der Waals surface area contributed by atoms with Gasteiger partial charge < -0.3 is 9.64 Å². The predicted octanol–water partition coefficient (Wildman–Crippen LogP) is 8.23. The van der Waals surface area contributed by atoms with Crippen LogP contribution in [0.1, 0.15) is 32.6 Å². The van der Waals surface area contributed by atoms with Gasteiger partial charge in [0.1, 0.15) is 5.82 Å². The van der Waals surface area contributed by atoms with Gasteiger partial charge in [-0.1, -0.05) is 32.3 Å². The maximum absolute atomic E-state index is 13.9. The smallest absolute Gasteiger partial charge is 0.159 e. The molecular weight excluding hydrogens is 399 g/mol. The number of fused-ring (bicyclic) bond motifs is 4. The molecular formula is C26H22F3NO. The molecule has 0 atom stereocenters. The Morgan fingerprint density at radius 3 is 1.97 bits per heavy atom. The van der Waals surface area contributed by atoms with E-state index in [4.69, 9.17) is 4.74 Å². The van der Waals surface area contributed by atoms with Crippen LogP contribution < -0.4 is 9.64 Å². The molecule has 4 aromatic carbocycles. The van der Waals surface area contributed by atoms with Crippen LogP contribution in [0.15, 0.2) is 54.6 Å². The number of benzene rings is 4. The number of ether oxygens (including phenoxy) is 1. The third kappa shape index (κ3) is 3.58. The van der Waals surface area contributed by atoms with Gasteiger partial charge in [-0.25, -0.2) is 13.2 Å². The maximum atomic E-state index is 13.9. The summed E-state index contributed by atoms with van der Waals surface area (Å²) in [4.78, 5) is 2.15. The van der Waals surface area contributed by atoms with Crippen molar-refractivity contribution in [3.05, 3.63) is 72.0 Å². The van der Waals surface area contributed by atoms with Crippen LogP contribution in [0.25, 0.3) is 21.5 Å². The normalized spacial score (nSPS) is 12.7. The number of rotatable bonds is 5. The van der Waals surface area contributed by atoms with Gasteiger partial charge in [0.25, 0.3) is 0 Å². The highest BCUT2D eigenvalue weighted by Crippen LogP contribution is 2.49. The highest BCUT2D eigenvalue weighted by Gasteiger charge is 2.26. The molecule has 0 saturated heterocycles. The minimum absolute atomic E-state index is 0.289. The molecule has 0 N–H and O–H groups in total. The molecule has 158 valence electrons. The van der Waals surface area contributed by atoms with E-state index in [1.807, 2.05) is 18.2 Å². The SMILES string of the molecule is CCCCCCN1c2cc3cc(F)ccc3cc2Oc2cc3cc(F)c(F)cc3cc21. The van der Waals surface area contributed by atoms with Crippen LogP contribution in [-0.2, 0) is 0 Å². The summed E-state index contributed by atoms with van der Waals surface area (Å²) >= 11 is 0. The zero-order chi connectivity index (χ0) is 21.5. The third-order valence-electron chi connectivity index (χ3n) is 5.87. The lowest BCUT2D eigenvalue weighted by Crippen LogP contribution is -2.22. The van der Waals surface area contributed by atoms with Gasteiger partial charge in [0, 0.05) is 6.54 Å². The molecule has 0 aromatic heterocycles. The van der Waals surface area contributed by atoms with Gasteiger partial charge in [-0.3, -0.25) is 0 Å². The lowest BCUT2D eigenvalue weighted by Gasteiger charge is -2.33. The number of hydrogen-bond donors (Lipinski definition) is 0. The van der Waals surface area contributed by atoms with E-state index in [0.717, 1.165) is 54.4 Å². The lowest BCUT2D eigenvalue weighted by molar-refractivity contribution is 0.473. The highest BCUT2D eigenvalue weighted by atomic mass is 19.2. The summed E-state index contributed by atoms with van der Waals surface area (Å²) in [6, 6.07) is 14.5. The number of unbranched alkanes of at least 4 members (excludes halogenated alkanes) is 3. The second kappa shape index (κ2) is 7.80. The van der Waals surface area contributed by atoms with E-state index in [-0.39, 0.29) is 5.82 Å². The summed E-state index contributed by atoms with van der Waals surface area (Å²) in [6.45, 7) is 2.92. The molecule has 4 aromatic rings. The third-order valence-corrected chi connectivity index (χ3v) is 5.87. The van der Waals surface area contributed by atoms with Crippen molar-refractivity contribution in [1.82, 2.24) is 0 Å². The van der Waals surface area contributed by atoms with Crippen LogP contribution >= 0.6 is 0 Å². The van der Waals surface area contributed by atoms with Gasteiger partial charge in [0.2, 0.25) is 0 Å². The minimum atomic E-state index is -0.881. The van der Waals surface area contributed by atoms with E-state index in [2.05, 4.69) is 11.8 Å². The highest BCUT2D eigenvalue weighted by molar-refractivity contribution is 5.96. The van der Waals surface area contributed by atoms with E-state index >= 15 is 0 Å². The van der Waals surface area contributed by atoms with E-state index in [9.17, 15) is 13.2 Å². The average Bonchev–Trinajstić information content (AvgIpc) is 2.75. The first kappa shape index (κ1) is 19.7. The van der Waals surface area contributed by atoms with Crippen LogP contribution in [0.2, 0.25) is 0 Å². The zero-order valence-corrected chi connectivity index (χ0v) is 17.2. The number of hydrogen-bond acceptors (Lipinski definition) is 2. The zero-order valence-electron chi connectivity index (χ0n) is 17.2. The van der Waals surface area contributed by atoms with Gasteiger partial charge in [-0.2, -0.15) is 0 Å². The number of anilines is 2. The van der Waals surface area contributed by atoms with Gasteiger partial charge in [-0.05, 0) is 76.5 Å². The van der Waals surface area contributed by atoms with Crippen molar-refractivity contribution in [2.75, 3.05) is 11.4 Å². The molecule has 0 saturated carbocycles. The molecule has 0 fully saturated rings. The summed E-state index contributed by atoms with van der Waals surface area (Å²) in [5.74, 6) is -0.775. The first-order valence-corrected chi connectivity index (χ1v) is 10.6. The Morgan fingerprint density at radius 2 is 1.29 bits per heavy atom. The van der Waals surface area contributed by atoms with E-state index in [1.165, 1.54) is 24.3 Å². The van der Waals surface area contributed by atoms with Gasteiger partial charge >= 0.3 is 0 Å². The molecule has 31 heavy (non-hydrogen) atoms. The first-order chi connectivity index (χ1) is 15.0. The fourth-order valence-corrected chi connectivity index (χ4v) is 4.27.